The number of urea groups is 1. The first kappa shape index (κ1) is 20.6. The van der Waals surface area contributed by atoms with Crippen molar-refractivity contribution in [2.24, 2.45) is 5.92 Å². The van der Waals surface area contributed by atoms with Crippen molar-refractivity contribution in [2.45, 2.75) is 19.9 Å². The lowest BCUT2D eigenvalue weighted by Crippen LogP contribution is -2.51. The number of ether oxygens (including phenoxy) is 4. The van der Waals surface area contributed by atoms with Gasteiger partial charge in [-0.25, -0.2) is 4.79 Å². The number of nitrogens with one attached hydrogen (secondary N) is 2. The standard InChI is InChI=1S/C19H26N2O6/c1-5-25-9-10-27-18(22)16-12(3)20-19(23)21-17(16)13-7-8-14(26-6-2)15(11-13)24-4/h7-8,11,16-17H,3,5-6,9-10H2,1-2,4H3,(H2,20,21,23)/t16-,17-/m0/s1. The normalized spacial score (nSPS) is 19.1. The highest BCUT2D eigenvalue weighted by atomic mass is 16.6. The molecule has 0 aliphatic carbocycles. The van der Waals surface area contributed by atoms with Crippen molar-refractivity contribution in [1.29, 1.82) is 0 Å². The minimum Gasteiger partial charge on any atom is -0.493 e. The minimum atomic E-state index is -0.785. The first-order chi connectivity index (χ1) is 13.0. The lowest BCUT2D eigenvalue weighted by molar-refractivity contribution is -0.150. The summed E-state index contributed by atoms with van der Waals surface area (Å²) in [7, 11) is 1.53. The Labute approximate surface area is 158 Å². The first-order valence-corrected chi connectivity index (χ1v) is 8.83. The highest BCUT2D eigenvalue weighted by Crippen LogP contribution is 2.35. The molecule has 1 aromatic rings. The van der Waals surface area contributed by atoms with E-state index in [1.165, 1.54) is 7.11 Å². The summed E-state index contributed by atoms with van der Waals surface area (Å²) in [5.41, 5.74) is 0.955. The maximum absolute atomic E-state index is 12.6. The number of esters is 1. The summed E-state index contributed by atoms with van der Waals surface area (Å²) in [6, 6.07) is 4.17. The van der Waals surface area contributed by atoms with Gasteiger partial charge in [0.05, 0.1) is 26.4 Å². The van der Waals surface area contributed by atoms with Crippen LogP contribution in [0.4, 0.5) is 4.79 Å². The molecule has 0 unspecified atom stereocenters. The topological polar surface area (TPSA) is 95.1 Å². The van der Waals surface area contributed by atoms with Crippen molar-refractivity contribution in [3.8, 4) is 11.5 Å². The second kappa shape index (κ2) is 9.82. The summed E-state index contributed by atoms with van der Waals surface area (Å²) in [6.07, 6.45) is 0. The van der Waals surface area contributed by atoms with Crippen LogP contribution in [0, 0.1) is 5.92 Å². The summed E-state index contributed by atoms with van der Waals surface area (Å²) in [5.74, 6) is -0.188. The third-order valence-corrected chi connectivity index (χ3v) is 4.05. The molecule has 0 saturated carbocycles. The number of hydrogen-bond acceptors (Lipinski definition) is 6. The van der Waals surface area contributed by atoms with Gasteiger partial charge < -0.3 is 29.6 Å². The zero-order valence-electron chi connectivity index (χ0n) is 15.9. The molecule has 1 fully saturated rings. The Morgan fingerprint density at radius 1 is 1.19 bits per heavy atom. The first-order valence-electron chi connectivity index (χ1n) is 8.83. The summed E-state index contributed by atoms with van der Waals surface area (Å²) in [5, 5.41) is 5.30. The van der Waals surface area contributed by atoms with Crippen LogP contribution in [-0.2, 0) is 14.3 Å². The van der Waals surface area contributed by atoms with E-state index in [0.717, 1.165) is 0 Å². The molecule has 1 aromatic carbocycles. The van der Waals surface area contributed by atoms with Crippen molar-refractivity contribution < 1.29 is 28.5 Å². The molecule has 2 rings (SSSR count). The van der Waals surface area contributed by atoms with E-state index in [0.29, 0.717) is 36.9 Å². The van der Waals surface area contributed by atoms with Gasteiger partial charge in [0.25, 0.3) is 0 Å². The molecular weight excluding hydrogens is 352 g/mol. The lowest BCUT2D eigenvalue weighted by Gasteiger charge is -2.33. The largest absolute Gasteiger partial charge is 0.493 e. The number of rotatable bonds is 9. The van der Waals surface area contributed by atoms with Gasteiger partial charge in [0, 0.05) is 12.3 Å². The Hall–Kier alpha value is -2.74. The second-order valence-corrected chi connectivity index (χ2v) is 5.79. The van der Waals surface area contributed by atoms with E-state index in [-0.39, 0.29) is 12.3 Å². The Morgan fingerprint density at radius 2 is 1.96 bits per heavy atom. The maximum Gasteiger partial charge on any atom is 0.319 e. The highest BCUT2D eigenvalue weighted by Gasteiger charge is 2.39. The average Bonchev–Trinajstić information content (AvgIpc) is 2.65. The molecule has 0 aromatic heterocycles. The molecule has 2 N–H and O–H groups in total. The third-order valence-electron chi connectivity index (χ3n) is 4.05. The Kier molecular flexibility index (Phi) is 7.48. The molecule has 8 heteroatoms. The van der Waals surface area contributed by atoms with Gasteiger partial charge in [-0.2, -0.15) is 0 Å². The molecule has 148 valence electrons. The zero-order chi connectivity index (χ0) is 19.8. The van der Waals surface area contributed by atoms with Crippen molar-refractivity contribution >= 4 is 12.0 Å². The molecule has 8 nitrogen and oxygen atoms in total. The van der Waals surface area contributed by atoms with Gasteiger partial charge in [0.1, 0.15) is 12.5 Å². The van der Waals surface area contributed by atoms with E-state index < -0.39 is 24.0 Å². The predicted octanol–water partition coefficient (Wildman–Crippen LogP) is 2.16. The molecular formula is C19H26N2O6. The van der Waals surface area contributed by atoms with E-state index in [9.17, 15) is 9.59 Å². The summed E-state index contributed by atoms with van der Waals surface area (Å²) in [4.78, 5) is 24.5. The lowest BCUT2D eigenvalue weighted by atomic mass is 9.89. The average molecular weight is 378 g/mol. The van der Waals surface area contributed by atoms with Crippen LogP contribution < -0.4 is 20.1 Å². The van der Waals surface area contributed by atoms with Crippen molar-refractivity contribution in [3.05, 3.63) is 36.0 Å². The molecule has 2 amide bonds. The Morgan fingerprint density at radius 3 is 2.63 bits per heavy atom. The zero-order valence-corrected chi connectivity index (χ0v) is 15.9. The monoisotopic (exact) mass is 378 g/mol. The van der Waals surface area contributed by atoms with Crippen molar-refractivity contribution in [1.82, 2.24) is 10.6 Å². The van der Waals surface area contributed by atoms with Gasteiger partial charge in [-0.1, -0.05) is 12.6 Å². The molecule has 27 heavy (non-hydrogen) atoms. The van der Waals surface area contributed by atoms with E-state index in [2.05, 4.69) is 17.2 Å². The van der Waals surface area contributed by atoms with Crippen molar-refractivity contribution in [3.63, 3.8) is 0 Å². The summed E-state index contributed by atoms with van der Waals surface area (Å²) >= 11 is 0. The van der Waals surface area contributed by atoms with Gasteiger partial charge >= 0.3 is 12.0 Å². The van der Waals surface area contributed by atoms with Crippen LogP contribution in [0.2, 0.25) is 0 Å². The molecule has 0 spiro atoms. The SMILES string of the molecule is C=C1NC(=O)N[C@@H](c2ccc(OCC)c(OC)c2)[C@H]1C(=O)OCCOCC. The van der Waals surface area contributed by atoms with Crippen LogP contribution >= 0.6 is 0 Å². The van der Waals surface area contributed by atoms with Gasteiger partial charge in [-0.3, -0.25) is 4.79 Å². The van der Waals surface area contributed by atoms with E-state index in [1.807, 2.05) is 13.8 Å². The molecule has 1 aliphatic rings. The number of carbonyl (C=O) groups is 2. The number of benzene rings is 1. The fourth-order valence-corrected chi connectivity index (χ4v) is 2.83. The van der Waals surface area contributed by atoms with Gasteiger partial charge in [0.15, 0.2) is 11.5 Å². The van der Waals surface area contributed by atoms with Crippen LogP contribution in [-0.4, -0.2) is 45.5 Å². The molecule has 0 radical (unpaired) electrons. The van der Waals surface area contributed by atoms with Crippen LogP contribution in [0.3, 0.4) is 0 Å². The smallest absolute Gasteiger partial charge is 0.319 e. The fourth-order valence-electron chi connectivity index (χ4n) is 2.83. The van der Waals surface area contributed by atoms with Crippen LogP contribution in [0.5, 0.6) is 11.5 Å². The minimum absolute atomic E-state index is 0.129. The van der Waals surface area contributed by atoms with Crippen LogP contribution in [0.25, 0.3) is 0 Å². The van der Waals surface area contributed by atoms with Gasteiger partial charge in [-0.15, -0.1) is 0 Å². The Balaban J connectivity index is 2.25. The second-order valence-electron chi connectivity index (χ2n) is 5.79. The molecule has 2 atom stereocenters. The van der Waals surface area contributed by atoms with E-state index >= 15 is 0 Å². The summed E-state index contributed by atoms with van der Waals surface area (Å²) < 4.78 is 21.3. The van der Waals surface area contributed by atoms with E-state index in [1.54, 1.807) is 18.2 Å². The van der Waals surface area contributed by atoms with Gasteiger partial charge in [-0.05, 0) is 31.5 Å². The number of amides is 2. The number of hydrogen-bond donors (Lipinski definition) is 2. The van der Waals surface area contributed by atoms with Gasteiger partial charge in [0.2, 0.25) is 0 Å². The Bertz CT molecular complexity index is 691. The summed E-state index contributed by atoms with van der Waals surface area (Å²) in [6.45, 7) is 9.02. The number of methoxy groups -OCH3 is 1. The molecule has 1 aliphatic heterocycles. The molecule has 0 bridgehead atoms. The van der Waals surface area contributed by atoms with Crippen LogP contribution in [0.15, 0.2) is 30.5 Å². The highest BCUT2D eigenvalue weighted by molar-refractivity contribution is 5.85. The van der Waals surface area contributed by atoms with E-state index in [4.69, 9.17) is 18.9 Å². The van der Waals surface area contributed by atoms with Crippen molar-refractivity contribution in [2.75, 3.05) is 33.5 Å². The third kappa shape index (κ3) is 5.13. The maximum atomic E-state index is 12.6. The predicted molar refractivity (Wildman–Crippen MR) is 98.7 cm³/mol. The number of carbonyl (C=O) groups excluding carboxylic acids is 2. The fraction of sp³-hybridized carbons (Fsp3) is 0.474. The molecule has 1 heterocycles. The molecule has 1 saturated heterocycles. The quantitative estimate of drug-likeness (QED) is 0.505. The van der Waals surface area contributed by atoms with Crippen LogP contribution in [0.1, 0.15) is 25.5 Å².